The third-order valence-corrected chi connectivity index (χ3v) is 4.80. The van der Waals surface area contributed by atoms with Crippen molar-refractivity contribution in [3.63, 3.8) is 0 Å². The van der Waals surface area contributed by atoms with Crippen molar-refractivity contribution < 1.29 is 14.3 Å². The Kier molecular flexibility index (Phi) is 4.96. The molecule has 0 bridgehead atoms. The number of amides is 1. The Morgan fingerprint density at radius 2 is 2.33 bits per heavy atom. The largest absolute Gasteiger partial charge is 0.468 e. The number of nitrogens with zero attached hydrogens (tertiary/aromatic N) is 3. The van der Waals surface area contributed by atoms with Crippen molar-refractivity contribution in [1.82, 2.24) is 15.1 Å². The van der Waals surface area contributed by atoms with Crippen LogP contribution in [0.1, 0.15) is 24.4 Å². The van der Waals surface area contributed by atoms with E-state index in [0.29, 0.717) is 18.8 Å². The molecule has 1 aliphatic rings. The van der Waals surface area contributed by atoms with Crippen molar-refractivity contribution in [2.75, 3.05) is 18.6 Å². The van der Waals surface area contributed by atoms with Crippen LogP contribution < -0.4 is 10.2 Å². The molecule has 2 unspecified atom stereocenters. The first-order chi connectivity index (χ1) is 11.6. The van der Waals surface area contributed by atoms with Crippen LogP contribution in [0.15, 0.2) is 29.1 Å². The molecule has 0 saturated carbocycles. The van der Waals surface area contributed by atoms with Crippen LogP contribution in [-0.4, -0.2) is 41.4 Å². The summed E-state index contributed by atoms with van der Waals surface area (Å²) in [5.74, 6) is 0.180. The van der Waals surface area contributed by atoms with Crippen LogP contribution in [-0.2, 0) is 21.4 Å². The molecule has 1 fully saturated rings. The number of hydrogen-bond donors (Lipinski definition) is 1. The summed E-state index contributed by atoms with van der Waals surface area (Å²) < 4.78 is 6.56. The molecule has 2 aromatic rings. The van der Waals surface area contributed by atoms with Gasteiger partial charge in [0.1, 0.15) is 6.04 Å². The van der Waals surface area contributed by atoms with Crippen molar-refractivity contribution in [3.8, 4) is 0 Å². The molecule has 3 rings (SSSR count). The van der Waals surface area contributed by atoms with Gasteiger partial charge in [-0.3, -0.25) is 19.7 Å². The quantitative estimate of drug-likeness (QED) is 0.829. The average molecular weight is 348 g/mol. The minimum Gasteiger partial charge on any atom is -0.468 e. The number of aryl methyl sites for hydroxylation is 1. The van der Waals surface area contributed by atoms with Crippen LogP contribution in [0.25, 0.3) is 0 Å². The summed E-state index contributed by atoms with van der Waals surface area (Å²) in [5, 5.41) is 11.3. The molecule has 1 N–H and O–H groups in total. The number of carbonyl (C=O) groups excluding carboxylic acids is 2. The Morgan fingerprint density at radius 3 is 2.96 bits per heavy atom. The van der Waals surface area contributed by atoms with E-state index in [1.807, 2.05) is 36.1 Å². The molecule has 0 radical (unpaired) electrons. The number of methoxy groups -OCH3 is 1. The highest BCUT2D eigenvalue weighted by Crippen LogP contribution is 2.23. The minimum atomic E-state index is -0.640. The number of carbonyl (C=O) groups is 2. The molecular weight excluding hydrogens is 328 g/mol. The highest BCUT2D eigenvalue weighted by molar-refractivity contribution is 7.08. The van der Waals surface area contributed by atoms with Crippen molar-refractivity contribution in [2.45, 2.75) is 24.9 Å². The second-order valence-corrected chi connectivity index (χ2v) is 6.49. The summed E-state index contributed by atoms with van der Waals surface area (Å²) in [5.41, 5.74) is 0.814. The maximum Gasteiger partial charge on any atom is 0.327 e. The summed E-state index contributed by atoms with van der Waals surface area (Å²) >= 11 is 1.50. The lowest BCUT2D eigenvalue weighted by molar-refractivity contribution is -0.143. The average Bonchev–Trinajstić information content (AvgIpc) is 3.25. The number of rotatable bonds is 5. The Balaban J connectivity index is 1.77. The number of hydrogen-bond acceptors (Lipinski definition) is 6. The Bertz CT molecular complexity index is 713. The lowest BCUT2D eigenvalue weighted by atomic mass is 10.0. The summed E-state index contributed by atoms with van der Waals surface area (Å²) in [6, 6.07) is 2.60. The number of esters is 1. The molecular formula is C16H20N4O3S. The van der Waals surface area contributed by atoms with E-state index in [-0.39, 0.29) is 5.91 Å². The van der Waals surface area contributed by atoms with Crippen LogP contribution >= 0.6 is 11.3 Å². The number of thiophene rings is 1. The van der Waals surface area contributed by atoms with E-state index in [0.717, 1.165) is 12.0 Å². The van der Waals surface area contributed by atoms with Gasteiger partial charge < -0.3 is 4.74 Å². The van der Waals surface area contributed by atoms with Gasteiger partial charge in [-0.2, -0.15) is 16.4 Å². The Labute approximate surface area is 144 Å². The van der Waals surface area contributed by atoms with E-state index in [4.69, 9.17) is 4.74 Å². The van der Waals surface area contributed by atoms with E-state index in [1.165, 1.54) is 18.4 Å². The zero-order valence-electron chi connectivity index (χ0n) is 13.6. The molecule has 1 amide bonds. The fourth-order valence-electron chi connectivity index (χ4n) is 2.86. The number of aromatic nitrogens is 2. The molecule has 128 valence electrons. The van der Waals surface area contributed by atoms with Crippen LogP contribution in [0.4, 0.5) is 5.82 Å². The fraction of sp³-hybridized carbons (Fsp3) is 0.438. The first-order valence-electron chi connectivity index (χ1n) is 7.77. The lowest BCUT2D eigenvalue weighted by Crippen LogP contribution is -2.53. The fourth-order valence-corrected chi connectivity index (χ4v) is 3.55. The van der Waals surface area contributed by atoms with E-state index in [1.54, 1.807) is 9.58 Å². The molecule has 2 atom stereocenters. The number of nitrogens with one attached hydrogen (secondary N) is 1. The van der Waals surface area contributed by atoms with Gasteiger partial charge in [-0.25, -0.2) is 4.79 Å². The lowest BCUT2D eigenvalue weighted by Gasteiger charge is -2.33. The first kappa shape index (κ1) is 16.7. The molecule has 3 heterocycles. The first-order valence-corrected chi connectivity index (χ1v) is 8.71. The van der Waals surface area contributed by atoms with Crippen LogP contribution in [0, 0.1) is 0 Å². The third kappa shape index (κ3) is 3.34. The van der Waals surface area contributed by atoms with Gasteiger partial charge in [-0.1, -0.05) is 0 Å². The molecule has 0 aliphatic carbocycles. The summed E-state index contributed by atoms with van der Waals surface area (Å²) in [6.45, 7) is 0.634. The van der Waals surface area contributed by atoms with Gasteiger partial charge in [0.05, 0.1) is 13.2 Å². The van der Waals surface area contributed by atoms with Crippen LogP contribution in [0.3, 0.4) is 0 Å². The van der Waals surface area contributed by atoms with Gasteiger partial charge in [0, 0.05) is 25.9 Å². The SMILES string of the molecule is COC(=O)C(NC1CCCN(c2ccn(C)n2)C1=O)c1ccsc1. The smallest absolute Gasteiger partial charge is 0.327 e. The predicted molar refractivity (Wildman–Crippen MR) is 90.8 cm³/mol. The monoisotopic (exact) mass is 348 g/mol. The maximum absolute atomic E-state index is 12.8. The number of anilines is 1. The summed E-state index contributed by atoms with van der Waals surface area (Å²) in [7, 11) is 3.17. The molecule has 0 spiro atoms. The van der Waals surface area contributed by atoms with Crippen molar-refractivity contribution in [2.24, 2.45) is 7.05 Å². The van der Waals surface area contributed by atoms with E-state index >= 15 is 0 Å². The van der Waals surface area contributed by atoms with E-state index < -0.39 is 18.1 Å². The van der Waals surface area contributed by atoms with Crippen LogP contribution in [0.2, 0.25) is 0 Å². The standard InChI is InChI=1S/C16H20N4O3S/c1-19-8-5-13(18-19)20-7-3-4-12(15(20)21)17-14(16(22)23-2)11-6-9-24-10-11/h5-6,8-10,12,14,17H,3-4,7H2,1-2H3. The highest BCUT2D eigenvalue weighted by Gasteiger charge is 2.34. The van der Waals surface area contributed by atoms with Gasteiger partial charge in [-0.15, -0.1) is 0 Å². The molecule has 1 aliphatic heterocycles. The Morgan fingerprint density at radius 1 is 1.50 bits per heavy atom. The van der Waals surface area contributed by atoms with Gasteiger partial charge >= 0.3 is 5.97 Å². The minimum absolute atomic E-state index is 0.0657. The molecule has 8 heteroatoms. The van der Waals surface area contributed by atoms with E-state index in [9.17, 15) is 9.59 Å². The number of piperidine rings is 1. The topological polar surface area (TPSA) is 76.5 Å². The molecule has 24 heavy (non-hydrogen) atoms. The van der Waals surface area contributed by atoms with Gasteiger partial charge in [0.15, 0.2) is 5.82 Å². The zero-order valence-corrected chi connectivity index (χ0v) is 14.5. The summed E-state index contributed by atoms with van der Waals surface area (Å²) in [6.07, 6.45) is 3.33. The Hall–Kier alpha value is -2.19. The molecule has 0 aromatic carbocycles. The van der Waals surface area contributed by atoms with Crippen molar-refractivity contribution in [1.29, 1.82) is 0 Å². The highest BCUT2D eigenvalue weighted by atomic mass is 32.1. The van der Waals surface area contributed by atoms with E-state index in [2.05, 4.69) is 10.4 Å². The van der Waals surface area contributed by atoms with Gasteiger partial charge in [-0.05, 0) is 35.2 Å². The predicted octanol–water partition coefficient (Wildman–Crippen LogP) is 1.48. The second-order valence-electron chi connectivity index (χ2n) is 5.71. The maximum atomic E-state index is 12.8. The molecule has 7 nitrogen and oxygen atoms in total. The third-order valence-electron chi connectivity index (χ3n) is 4.10. The molecule has 2 aromatic heterocycles. The van der Waals surface area contributed by atoms with Crippen molar-refractivity contribution >= 4 is 29.0 Å². The van der Waals surface area contributed by atoms with Gasteiger partial charge in [0.25, 0.3) is 0 Å². The van der Waals surface area contributed by atoms with Crippen LogP contribution in [0.5, 0.6) is 0 Å². The number of ether oxygens (including phenoxy) is 1. The second kappa shape index (κ2) is 7.14. The van der Waals surface area contributed by atoms with Gasteiger partial charge in [0.2, 0.25) is 5.91 Å². The molecule has 1 saturated heterocycles. The summed E-state index contributed by atoms with van der Waals surface area (Å²) in [4.78, 5) is 26.6. The zero-order chi connectivity index (χ0) is 17.1. The van der Waals surface area contributed by atoms with Crippen molar-refractivity contribution in [3.05, 3.63) is 34.7 Å². The normalized spacial score (nSPS) is 19.3.